The number of fused-ring (bicyclic) bond motifs is 1. The molecule has 2 heterocycles. The zero-order valence-electron chi connectivity index (χ0n) is 14.2. The highest BCUT2D eigenvalue weighted by molar-refractivity contribution is 9.10. The van der Waals surface area contributed by atoms with Crippen molar-refractivity contribution in [3.63, 3.8) is 0 Å². The topological polar surface area (TPSA) is 87.0 Å². The van der Waals surface area contributed by atoms with Crippen molar-refractivity contribution >= 4 is 39.3 Å². The highest BCUT2D eigenvalue weighted by Crippen LogP contribution is 2.44. The molecule has 27 heavy (non-hydrogen) atoms. The highest BCUT2D eigenvalue weighted by atomic mass is 79.9. The number of hydrogen-bond acceptors (Lipinski definition) is 4. The summed E-state index contributed by atoms with van der Waals surface area (Å²) in [6.45, 7) is -0.252. The number of Topliss-reactive ketones (excluding diaryl/α,β-unsaturated/α-hetero) is 2. The number of aliphatic imine (C=N–C) groups is 1. The van der Waals surface area contributed by atoms with Gasteiger partial charge in [0, 0.05) is 23.6 Å². The summed E-state index contributed by atoms with van der Waals surface area (Å²) in [7, 11) is 0. The molecule has 1 aromatic carbocycles. The molecular formula is C19H16BrFN2O4. The maximum atomic E-state index is 13.7. The summed E-state index contributed by atoms with van der Waals surface area (Å²) in [6, 6.07) is 4.47. The van der Waals surface area contributed by atoms with E-state index in [4.69, 9.17) is 0 Å². The van der Waals surface area contributed by atoms with Gasteiger partial charge in [-0.15, -0.1) is 0 Å². The lowest BCUT2D eigenvalue weighted by atomic mass is 9.68. The fourth-order valence-electron chi connectivity index (χ4n) is 4.17. The van der Waals surface area contributed by atoms with Crippen LogP contribution in [0.3, 0.4) is 0 Å². The molecule has 1 aliphatic carbocycles. The van der Waals surface area contributed by atoms with Crippen molar-refractivity contribution in [1.82, 2.24) is 4.90 Å². The molecule has 0 aromatic heterocycles. The van der Waals surface area contributed by atoms with E-state index in [2.05, 4.69) is 20.9 Å². The van der Waals surface area contributed by atoms with Gasteiger partial charge in [-0.1, -0.05) is 6.07 Å². The second-order valence-electron chi connectivity index (χ2n) is 6.97. The second-order valence-corrected chi connectivity index (χ2v) is 7.83. The van der Waals surface area contributed by atoms with E-state index in [1.165, 1.54) is 6.07 Å². The largest absolute Gasteiger partial charge is 0.465 e. The first-order valence-corrected chi connectivity index (χ1v) is 9.45. The molecule has 0 spiro atoms. The van der Waals surface area contributed by atoms with Crippen LogP contribution in [0, 0.1) is 11.7 Å². The lowest BCUT2D eigenvalue weighted by Gasteiger charge is -2.39. The first-order valence-electron chi connectivity index (χ1n) is 8.66. The van der Waals surface area contributed by atoms with Crippen LogP contribution >= 0.6 is 15.9 Å². The van der Waals surface area contributed by atoms with Crippen LogP contribution in [0.1, 0.15) is 30.7 Å². The van der Waals surface area contributed by atoms with Crippen molar-refractivity contribution in [3.8, 4) is 0 Å². The number of amides is 1. The molecule has 3 aliphatic rings. The maximum absolute atomic E-state index is 13.7. The van der Waals surface area contributed by atoms with Crippen molar-refractivity contribution in [1.29, 1.82) is 0 Å². The van der Waals surface area contributed by atoms with E-state index in [1.54, 1.807) is 12.1 Å². The van der Waals surface area contributed by atoms with Gasteiger partial charge in [0.25, 0.3) is 0 Å². The minimum absolute atomic E-state index is 0.0136. The number of ketones is 2. The van der Waals surface area contributed by atoms with Gasteiger partial charge in [-0.2, -0.15) is 0 Å². The molecule has 8 heteroatoms. The van der Waals surface area contributed by atoms with Crippen LogP contribution in [0.25, 0.3) is 0 Å². The molecule has 1 amide bonds. The molecule has 1 N–H and O–H groups in total. The lowest BCUT2D eigenvalue weighted by molar-refractivity contribution is -0.122. The molecule has 2 unspecified atom stereocenters. The van der Waals surface area contributed by atoms with E-state index in [-0.39, 0.29) is 29.1 Å². The van der Waals surface area contributed by atoms with Crippen molar-refractivity contribution < 1.29 is 23.9 Å². The minimum atomic E-state index is -1.18. The Bertz CT molecular complexity index is 940. The standard InChI is InChI=1S/C19H16BrFN2O4/c20-10-6-9(4-5-11(10)21)16-17-12(2-1-3-14(17)24)22-13-7-23(19(26)27)8-15(25)18(13)16/h4-6,16-17H,1-3,7-8H2,(H,26,27). The van der Waals surface area contributed by atoms with Gasteiger partial charge in [0.05, 0.1) is 29.2 Å². The van der Waals surface area contributed by atoms with Gasteiger partial charge in [-0.25, -0.2) is 9.18 Å². The molecule has 2 aliphatic heterocycles. The molecule has 1 aromatic rings. The van der Waals surface area contributed by atoms with Crippen molar-refractivity contribution in [3.05, 3.63) is 45.3 Å². The van der Waals surface area contributed by atoms with E-state index >= 15 is 0 Å². The van der Waals surface area contributed by atoms with Crippen molar-refractivity contribution in [2.24, 2.45) is 10.9 Å². The number of rotatable bonds is 1. The van der Waals surface area contributed by atoms with E-state index in [0.29, 0.717) is 41.8 Å². The summed E-state index contributed by atoms with van der Waals surface area (Å²) in [5.74, 6) is -1.87. The molecule has 1 fully saturated rings. The van der Waals surface area contributed by atoms with E-state index in [0.717, 1.165) is 4.90 Å². The van der Waals surface area contributed by atoms with Crippen molar-refractivity contribution in [2.75, 3.05) is 13.1 Å². The Labute approximate surface area is 162 Å². The molecule has 6 nitrogen and oxygen atoms in total. The average molecular weight is 435 g/mol. The highest BCUT2D eigenvalue weighted by Gasteiger charge is 2.46. The summed E-state index contributed by atoms with van der Waals surface area (Å²) < 4.78 is 14.0. The Balaban J connectivity index is 1.88. The fraction of sp³-hybridized carbons (Fsp3) is 0.368. The molecule has 4 rings (SSSR count). The molecular weight excluding hydrogens is 419 g/mol. The Kier molecular flexibility index (Phi) is 4.46. The summed E-state index contributed by atoms with van der Waals surface area (Å²) in [5, 5.41) is 9.27. The minimum Gasteiger partial charge on any atom is -0.465 e. The molecule has 140 valence electrons. The van der Waals surface area contributed by atoms with Crippen LogP contribution in [-0.2, 0) is 9.59 Å². The Morgan fingerprint density at radius 3 is 2.70 bits per heavy atom. The predicted octanol–water partition coefficient (Wildman–Crippen LogP) is 3.31. The number of carbonyl (C=O) groups is 3. The SMILES string of the molecule is O=C1CN(C(=O)O)CC2=C1C(c1ccc(F)c(Br)c1)C1C(=O)CCCC1=N2. The number of carboxylic acid groups (broad SMARTS) is 1. The van der Waals surface area contributed by atoms with Crippen LogP contribution < -0.4 is 0 Å². The van der Waals surface area contributed by atoms with Gasteiger partial charge < -0.3 is 5.11 Å². The number of carbonyl (C=O) groups excluding carboxylic acids is 2. The monoisotopic (exact) mass is 434 g/mol. The van der Waals surface area contributed by atoms with E-state index in [9.17, 15) is 23.9 Å². The predicted molar refractivity (Wildman–Crippen MR) is 98.3 cm³/mol. The average Bonchev–Trinajstić information content (AvgIpc) is 2.62. The molecule has 1 saturated carbocycles. The van der Waals surface area contributed by atoms with E-state index < -0.39 is 23.7 Å². The zero-order valence-corrected chi connectivity index (χ0v) is 15.8. The van der Waals surface area contributed by atoms with Gasteiger partial charge in [0.15, 0.2) is 5.78 Å². The fourth-order valence-corrected chi connectivity index (χ4v) is 4.57. The molecule has 0 radical (unpaired) electrons. The van der Waals surface area contributed by atoms with Crippen LogP contribution in [-0.4, -0.2) is 46.5 Å². The third-order valence-corrected chi connectivity index (χ3v) is 5.95. The first kappa shape index (κ1) is 18.0. The summed E-state index contributed by atoms with van der Waals surface area (Å²) >= 11 is 3.17. The van der Waals surface area contributed by atoms with Gasteiger partial charge in [0.2, 0.25) is 0 Å². The van der Waals surface area contributed by atoms with Gasteiger partial charge in [-0.3, -0.25) is 19.5 Å². The Hall–Kier alpha value is -2.35. The lowest BCUT2D eigenvalue weighted by Crippen LogP contribution is -2.47. The Morgan fingerprint density at radius 1 is 1.22 bits per heavy atom. The van der Waals surface area contributed by atoms with Crippen LogP contribution in [0.5, 0.6) is 0 Å². The third-order valence-electron chi connectivity index (χ3n) is 5.34. The van der Waals surface area contributed by atoms with Crippen LogP contribution in [0.15, 0.2) is 38.9 Å². The number of benzene rings is 1. The smallest absolute Gasteiger partial charge is 0.408 e. The van der Waals surface area contributed by atoms with Crippen molar-refractivity contribution in [2.45, 2.75) is 25.2 Å². The summed E-state index contributed by atoms with van der Waals surface area (Å²) in [6.07, 6.45) is 0.555. The third kappa shape index (κ3) is 3.01. The number of nitrogens with zero attached hydrogens (tertiary/aromatic N) is 2. The number of halogens is 2. The molecule has 2 atom stereocenters. The van der Waals surface area contributed by atoms with Crippen LogP contribution in [0.4, 0.5) is 9.18 Å². The molecule has 0 bridgehead atoms. The Morgan fingerprint density at radius 2 is 2.00 bits per heavy atom. The van der Waals surface area contributed by atoms with Gasteiger partial charge in [0.1, 0.15) is 11.6 Å². The van der Waals surface area contributed by atoms with E-state index in [1.807, 2.05) is 0 Å². The first-order chi connectivity index (χ1) is 12.9. The summed E-state index contributed by atoms with van der Waals surface area (Å²) in [4.78, 5) is 42.4. The zero-order chi connectivity index (χ0) is 19.3. The van der Waals surface area contributed by atoms with Gasteiger partial charge >= 0.3 is 6.09 Å². The normalized spacial score (nSPS) is 25.1. The quantitative estimate of drug-likeness (QED) is 0.734. The summed E-state index contributed by atoms with van der Waals surface area (Å²) in [5.41, 5.74) is 2.13. The second kappa shape index (κ2) is 6.67. The number of hydrogen-bond donors (Lipinski definition) is 1. The van der Waals surface area contributed by atoms with Gasteiger partial charge in [-0.05, 0) is 46.5 Å². The maximum Gasteiger partial charge on any atom is 0.408 e. The van der Waals surface area contributed by atoms with Crippen LogP contribution in [0.2, 0.25) is 0 Å². The molecule has 0 saturated heterocycles.